The summed E-state index contributed by atoms with van der Waals surface area (Å²) in [6, 6.07) is 0. The number of aromatic amines is 1. The Morgan fingerprint density at radius 3 is 1.39 bits per heavy atom. The van der Waals surface area contributed by atoms with Crippen molar-refractivity contribution >= 4 is 11.8 Å². The molecule has 0 spiro atoms. The van der Waals surface area contributed by atoms with E-state index in [0.717, 1.165) is 38.8 Å². The fraction of sp³-hybridized carbons (Fsp3) is 0.855. The molecule has 0 aromatic carbocycles. The van der Waals surface area contributed by atoms with Crippen LogP contribution in [-0.2, 0) is 33.2 Å². The van der Waals surface area contributed by atoms with Crippen molar-refractivity contribution in [2.24, 2.45) is 0 Å². The SMILES string of the molecule is CCCCCCCC/C=C\CCCCCCCCOCC(CN(CCCCCCCC)C(=O)CCOCCOCCOCCOCCNC(=O)c1cnc[nH]1)OCCCCCCCC/C=C\CCCCCCCC. The number of nitrogens with zero attached hydrogens (tertiary/aromatic N) is 2. The molecule has 0 aliphatic heterocycles. The van der Waals surface area contributed by atoms with Gasteiger partial charge in [0.25, 0.3) is 5.91 Å². The van der Waals surface area contributed by atoms with Crippen molar-refractivity contribution in [3.63, 3.8) is 0 Å². The van der Waals surface area contributed by atoms with E-state index in [4.69, 9.17) is 28.4 Å². The first-order chi connectivity index (χ1) is 36.6. The van der Waals surface area contributed by atoms with Crippen LogP contribution in [0.1, 0.15) is 256 Å². The Morgan fingerprint density at radius 2 is 0.919 bits per heavy atom. The monoisotopic (exact) mass is 1040 g/mol. The van der Waals surface area contributed by atoms with Crippen molar-refractivity contribution in [2.75, 3.05) is 92.3 Å². The highest BCUT2D eigenvalue weighted by Crippen LogP contribution is 2.14. The molecule has 1 aromatic rings. The van der Waals surface area contributed by atoms with Crippen molar-refractivity contribution in [2.45, 2.75) is 252 Å². The number of carbonyl (C=O) groups excluding carboxylic acids is 2. The van der Waals surface area contributed by atoms with E-state index >= 15 is 0 Å². The lowest BCUT2D eigenvalue weighted by Crippen LogP contribution is -2.41. The number of amides is 2. The lowest BCUT2D eigenvalue weighted by atomic mass is 10.1. The quantitative estimate of drug-likeness (QED) is 0.0483. The van der Waals surface area contributed by atoms with Crippen LogP contribution in [0.2, 0.25) is 0 Å². The van der Waals surface area contributed by atoms with E-state index in [1.54, 1.807) is 0 Å². The minimum atomic E-state index is -0.209. The highest BCUT2D eigenvalue weighted by Gasteiger charge is 2.20. The number of hydrogen-bond acceptors (Lipinski definition) is 9. The van der Waals surface area contributed by atoms with Gasteiger partial charge in [-0.1, -0.05) is 193 Å². The lowest BCUT2D eigenvalue weighted by molar-refractivity contribution is -0.135. The summed E-state index contributed by atoms with van der Waals surface area (Å²) in [6.07, 6.45) is 56.0. The van der Waals surface area contributed by atoms with Gasteiger partial charge in [-0.05, 0) is 70.6 Å². The topological polar surface area (TPSA) is 133 Å². The van der Waals surface area contributed by atoms with Gasteiger partial charge >= 0.3 is 0 Å². The molecule has 0 aliphatic carbocycles. The molecule has 0 fully saturated rings. The highest BCUT2D eigenvalue weighted by molar-refractivity contribution is 5.91. The number of imidazole rings is 1. The van der Waals surface area contributed by atoms with E-state index < -0.39 is 0 Å². The number of ether oxygens (including phenoxy) is 6. The molecule has 2 N–H and O–H groups in total. The maximum absolute atomic E-state index is 13.8. The zero-order chi connectivity index (χ0) is 53.1. The first-order valence-corrected chi connectivity index (χ1v) is 31.0. The summed E-state index contributed by atoms with van der Waals surface area (Å²) in [5.74, 6) is -0.0889. The van der Waals surface area contributed by atoms with Crippen LogP contribution in [0.5, 0.6) is 0 Å². The third-order valence-corrected chi connectivity index (χ3v) is 13.5. The number of hydrogen-bond donors (Lipinski definition) is 2. The van der Waals surface area contributed by atoms with Crippen LogP contribution >= 0.6 is 0 Å². The number of aromatic nitrogens is 2. The average molecular weight is 1050 g/mol. The third-order valence-electron chi connectivity index (χ3n) is 13.5. The molecule has 1 rings (SSSR count). The zero-order valence-corrected chi connectivity index (χ0v) is 48.4. The molecule has 1 atom stereocenters. The number of nitrogens with one attached hydrogen (secondary N) is 2. The van der Waals surface area contributed by atoms with E-state index in [2.05, 4.69) is 60.4 Å². The standard InChI is InChI=1S/C62H116N4O8/c1-4-7-10-13-16-18-20-22-24-26-28-30-32-34-37-40-45-73-57-59(74-46-41-38-35-33-31-29-27-25-23-21-19-17-14-11-8-5-2)56-66(44-39-36-15-12-9-6-3)61(67)42-47-69-49-51-71-53-54-72-52-50-70-48-43-64-62(68)60-55-63-58-65-60/h22-25,55,58-59H,4-21,26-54,56-57H2,1-3H3,(H,63,65)(H,64,68)/b24-22-,25-23-. The van der Waals surface area contributed by atoms with E-state index in [0.29, 0.717) is 91.3 Å². The number of unbranched alkanes of at least 4 members (excludes halogenated alkanes) is 29. The van der Waals surface area contributed by atoms with E-state index in [1.807, 2.05) is 4.90 Å². The van der Waals surface area contributed by atoms with Crippen LogP contribution < -0.4 is 5.32 Å². The summed E-state index contributed by atoms with van der Waals surface area (Å²) in [7, 11) is 0. The van der Waals surface area contributed by atoms with Crippen LogP contribution in [0.3, 0.4) is 0 Å². The largest absolute Gasteiger partial charge is 0.379 e. The van der Waals surface area contributed by atoms with Crippen molar-refractivity contribution < 1.29 is 38.0 Å². The van der Waals surface area contributed by atoms with Crippen LogP contribution in [0.15, 0.2) is 36.8 Å². The van der Waals surface area contributed by atoms with Crippen molar-refractivity contribution in [1.82, 2.24) is 20.2 Å². The first-order valence-electron chi connectivity index (χ1n) is 31.0. The number of H-pyrrole nitrogens is 1. The molecule has 1 aromatic heterocycles. The van der Waals surface area contributed by atoms with Gasteiger partial charge in [-0.3, -0.25) is 9.59 Å². The van der Waals surface area contributed by atoms with Gasteiger partial charge in [-0.2, -0.15) is 0 Å². The molecule has 12 nitrogen and oxygen atoms in total. The van der Waals surface area contributed by atoms with Gasteiger partial charge < -0.3 is 43.6 Å². The van der Waals surface area contributed by atoms with Crippen LogP contribution in [0.25, 0.3) is 0 Å². The molecule has 1 heterocycles. The summed E-state index contributed by atoms with van der Waals surface area (Å²) >= 11 is 0. The first kappa shape index (κ1) is 69.4. The molecule has 12 heteroatoms. The third kappa shape index (κ3) is 49.0. The number of carbonyl (C=O) groups is 2. The molecule has 2 amide bonds. The van der Waals surface area contributed by atoms with E-state index in [1.165, 1.54) is 205 Å². The van der Waals surface area contributed by atoms with Gasteiger partial charge in [0.1, 0.15) is 5.69 Å². The van der Waals surface area contributed by atoms with Crippen LogP contribution in [0.4, 0.5) is 0 Å². The summed E-state index contributed by atoms with van der Waals surface area (Å²) in [5, 5.41) is 2.77. The maximum atomic E-state index is 13.8. The Kier molecular flexibility index (Phi) is 54.5. The Bertz CT molecular complexity index is 1350. The molecule has 74 heavy (non-hydrogen) atoms. The fourth-order valence-electron chi connectivity index (χ4n) is 8.86. The second-order valence-electron chi connectivity index (χ2n) is 20.5. The van der Waals surface area contributed by atoms with Crippen LogP contribution in [-0.4, -0.2) is 125 Å². The Balaban J connectivity index is 2.46. The van der Waals surface area contributed by atoms with Crippen molar-refractivity contribution in [1.29, 1.82) is 0 Å². The average Bonchev–Trinajstić information content (AvgIpc) is 3.96. The van der Waals surface area contributed by atoms with Gasteiger partial charge in [0.15, 0.2) is 0 Å². The van der Waals surface area contributed by atoms with Gasteiger partial charge in [0.2, 0.25) is 5.91 Å². The van der Waals surface area contributed by atoms with Crippen LogP contribution in [0, 0.1) is 0 Å². The van der Waals surface area contributed by atoms with Crippen molar-refractivity contribution in [3.05, 3.63) is 42.5 Å². The summed E-state index contributed by atoms with van der Waals surface area (Å²) in [5.41, 5.74) is 0.424. The maximum Gasteiger partial charge on any atom is 0.269 e. The van der Waals surface area contributed by atoms with Gasteiger partial charge in [0, 0.05) is 32.8 Å². The lowest BCUT2D eigenvalue weighted by Gasteiger charge is -2.28. The van der Waals surface area contributed by atoms with E-state index in [-0.39, 0.29) is 17.9 Å². The zero-order valence-electron chi connectivity index (χ0n) is 48.4. The number of allylic oxidation sites excluding steroid dienone is 4. The Morgan fingerprint density at radius 1 is 0.500 bits per heavy atom. The predicted molar refractivity (Wildman–Crippen MR) is 308 cm³/mol. The minimum absolute atomic E-state index is 0.120. The predicted octanol–water partition coefficient (Wildman–Crippen LogP) is 15.3. The van der Waals surface area contributed by atoms with Crippen molar-refractivity contribution in [3.8, 4) is 0 Å². The molecule has 0 radical (unpaired) electrons. The van der Waals surface area contributed by atoms with Gasteiger partial charge in [-0.15, -0.1) is 0 Å². The fourth-order valence-corrected chi connectivity index (χ4v) is 8.86. The highest BCUT2D eigenvalue weighted by atomic mass is 16.6. The summed E-state index contributed by atoms with van der Waals surface area (Å²) < 4.78 is 35.5. The molecular weight excluding hydrogens is 929 g/mol. The summed E-state index contributed by atoms with van der Waals surface area (Å²) in [6.45, 7) is 13.9. The smallest absolute Gasteiger partial charge is 0.269 e. The molecule has 432 valence electrons. The second-order valence-corrected chi connectivity index (χ2v) is 20.5. The Labute approximate surface area is 454 Å². The molecule has 0 saturated carbocycles. The number of rotatable bonds is 60. The molecule has 1 unspecified atom stereocenters. The molecule has 0 aliphatic rings. The van der Waals surface area contributed by atoms with Gasteiger partial charge in [-0.25, -0.2) is 4.98 Å². The second kappa shape index (κ2) is 58.1. The Hall–Kier alpha value is -2.61. The summed E-state index contributed by atoms with van der Waals surface area (Å²) in [4.78, 5) is 34.3. The molecule has 0 saturated heterocycles. The molecule has 0 bridgehead atoms. The normalized spacial score (nSPS) is 12.2. The van der Waals surface area contributed by atoms with Gasteiger partial charge in [0.05, 0.1) is 84.5 Å². The molecular formula is C62H116N4O8. The van der Waals surface area contributed by atoms with E-state index in [9.17, 15) is 9.59 Å². The minimum Gasteiger partial charge on any atom is -0.379 e.